The first-order valence-electron chi connectivity index (χ1n) is 11.2. The summed E-state index contributed by atoms with van der Waals surface area (Å²) in [6.45, 7) is 4.63. The maximum absolute atomic E-state index is 11.5. The molecule has 1 atom stereocenters. The largest absolute Gasteiger partial charge is 0.490 e. The third kappa shape index (κ3) is 4.68. The van der Waals surface area contributed by atoms with Crippen LogP contribution in [0.25, 0.3) is 10.8 Å². The van der Waals surface area contributed by atoms with Crippen molar-refractivity contribution in [1.82, 2.24) is 5.32 Å². The van der Waals surface area contributed by atoms with E-state index in [0.29, 0.717) is 12.7 Å². The number of alkyl carbamates (subject to hydrolysis) is 1. The molecule has 1 saturated carbocycles. The molecule has 1 aliphatic heterocycles. The second-order valence-electron chi connectivity index (χ2n) is 9.01. The Balaban J connectivity index is 1.37. The van der Waals surface area contributed by atoms with E-state index in [-0.39, 0.29) is 6.09 Å². The van der Waals surface area contributed by atoms with Gasteiger partial charge in [-0.3, -0.25) is 0 Å². The Morgan fingerprint density at radius 2 is 1.83 bits per heavy atom. The Bertz CT molecular complexity index is 856. The minimum Gasteiger partial charge on any atom is -0.490 e. The molecule has 2 aliphatic rings. The van der Waals surface area contributed by atoms with Gasteiger partial charge in [0.05, 0.1) is 11.6 Å². The van der Waals surface area contributed by atoms with Crippen molar-refractivity contribution in [2.75, 3.05) is 6.61 Å². The fraction of sp³-hybridized carbons (Fsp3) is 0.560. The molecule has 1 saturated heterocycles. The van der Waals surface area contributed by atoms with Crippen molar-refractivity contribution in [3.8, 4) is 5.75 Å². The molecule has 0 radical (unpaired) electrons. The summed E-state index contributed by atoms with van der Waals surface area (Å²) >= 11 is 0. The zero-order valence-corrected chi connectivity index (χ0v) is 17.7. The number of ether oxygens (including phenoxy) is 2. The number of carbonyl (C=O) groups is 1. The van der Waals surface area contributed by atoms with E-state index in [1.54, 1.807) is 0 Å². The first kappa shape index (κ1) is 20.1. The predicted octanol–water partition coefficient (Wildman–Crippen LogP) is 6.31. The molecule has 1 N–H and O–H groups in total. The number of cyclic esters (lactones) is 1. The fourth-order valence-electron chi connectivity index (χ4n) is 4.72. The van der Waals surface area contributed by atoms with E-state index >= 15 is 0 Å². The normalized spacial score (nSPS) is 26.9. The molecule has 1 aliphatic carbocycles. The molecule has 4 rings (SSSR count). The summed E-state index contributed by atoms with van der Waals surface area (Å²) in [5, 5.41) is 5.22. The van der Waals surface area contributed by atoms with Crippen LogP contribution >= 0.6 is 0 Å². The topological polar surface area (TPSA) is 47.6 Å². The lowest BCUT2D eigenvalue weighted by molar-refractivity contribution is 0.128. The lowest BCUT2D eigenvalue weighted by Gasteiger charge is -2.29. The molecule has 0 bridgehead atoms. The molecule has 4 nitrogen and oxygen atoms in total. The molecule has 2 fully saturated rings. The number of carbonyl (C=O) groups excluding carboxylic acids is 1. The highest BCUT2D eigenvalue weighted by Gasteiger charge is 2.36. The number of benzene rings is 2. The first-order chi connectivity index (χ1) is 14.1. The first-order valence-corrected chi connectivity index (χ1v) is 11.2. The van der Waals surface area contributed by atoms with Gasteiger partial charge in [-0.25, -0.2) is 4.79 Å². The van der Waals surface area contributed by atoms with Gasteiger partial charge in [-0.1, -0.05) is 50.8 Å². The summed E-state index contributed by atoms with van der Waals surface area (Å²) in [4.78, 5) is 11.5. The summed E-state index contributed by atoms with van der Waals surface area (Å²) in [5.41, 5.74) is 0.599. The van der Waals surface area contributed by atoms with E-state index in [1.165, 1.54) is 51.4 Å². The van der Waals surface area contributed by atoms with Crippen LogP contribution in [0.5, 0.6) is 5.75 Å². The molecule has 0 aromatic heterocycles. The quantitative estimate of drug-likeness (QED) is 0.559. The smallest absolute Gasteiger partial charge is 0.408 e. The van der Waals surface area contributed by atoms with Crippen LogP contribution in [-0.4, -0.2) is 18.8 Å². The lowest BCUT2D eigenvalue weighted by atomic mass is 9.84. The van der Waals surface area contributed by atoms with Crippen molar-refractivity contribution < 1.29 is 14.3 Å². The Labute approximate surface area is 174 Å². The van der Waals surface area contributed by atoms with Gasteiger partial charge in [0.1, 0.15) is 12.4 Å². The molecule has 2 aromatic carbocycles. The third-order valence-electron chi connectivity index (χ3n) is 6.63. The average molecular weight is 396 g/mol. The molecule has 29 heavy (non-hydrogen) atoms. The molecule has 0 unspecified atom stereocenters. The van der Waals surface area contributed by atoms with Crippen molar-refractivity contribution in [2.45, 2.75) is 76.9 Å². The van der Waals surface area contributed by atoms with Crippen LogP contribution < -0.4 is 10.1 Å². The number of fused-ring (bicyclic) bond motifs is 1. The van der Waals surface area contributed by atoms with Gasteiger partial charge >= 0.3 is 6.09 Å². The van der Waals surface area contributed by atoms with Gasteiger partial charge in [0, 0.05) is 0 Å². The molecule has 156 valence electrons. The van der Waals surface area contributed by atoms with Gasteiger partial charge in [0.2, 0.25) is 0 Å². The molecule has 1 amide bonds. The summed E-state index contributed by atoms with van der Waals surface area (Å²) in [5.74, 6) is 1.86. The van der Waals surface area contributed by atoms with E-state index in [9.17, 15) is 4.79 Å². The summed E-state index contributed by atoms with van der Waals surface area (Å²) in [7, 11) is 0. The van der Waals surface area contributed by atoms with Gasteiger partial charge in [-0.2, -0.15) is 0 Å². The van der Waals surface area contributed by atoms with Crippen molar-refractivity contribution in [3.05, 3.63) is 42.0 Å². The highest BCUT2D eigenvalue weighted by Crippen LogP contribution is 2.33. The SMILES string of the molecule is CCCCCC1CCC(Oc2ccc3cc([C@]4(C)COC(=O)N4)ccc3c2)CC1. The monoisotopic (exact) mass is 395 g/mol. The molecular formula is C25H33NO3. The number of rotatable bonds is 7. The van der Waals surface area contributed by atoms with Gasteiger partial charge < -0.3 is 14.8 Å². The number of amides is 1. The minimum absolute atomic E-state index is 0.346. The zero-order valence-electron chi connectivity index (χ0n) is 17.7. The predicted molar refractivity (Wildman–Crippen MR) is 116 cm³/mol. The van der Waals surface area contributed by atoms with Crippen LogP contribution in [0.4, 0.5) is 4.79 Å². The maximum atomic E-state index is 11.5. The van der Waals surface area contributed by atoms with Crippen molar-refractivity contribution in [3.63, 3.8) is 0 Å². The summed E-state index contributed by atoms with van der Waals surface area (Å²) in [6, 6.07) is 12.6. The van der Waals surface area contributed by atoms with Gasteiger partial charge in [0.25, 0.3) is 0 Å². The van der Waals surface area contributed by atoms with Crippen molar-refractivity contribution >= 4 is 16.9 Å². The Kier molecular flexibility index (Phi) is 5.98. The second kappa shape index (κ2) is 8.64. The highest BCUT2D eigenvalue weighted by molar-refractivity contribution is 5.85. The van der Waals surface area contributed by atoms with Gasteiger partial charge in [-0.05, 0) is 73.1 Å². The number of hydrogen-bond donors (Lipinski definition) is 1. The Morgan fingerprint density at radius 1 is 1.07 bits per heavy atom. The molecule has 1 heterocycles. The van der Waals surface area contributed by atoms with E-state index in [1.807, 2.05) is 6.92 Å². The zero-order chi connectivity index (χ0) is 20.3. The highest BCUT2D eigenvalue weighted by atomic mass is 16.6. The maximum Gasteiger partial charge on any atom is 0.408 e. The minimum atomic E-state index is -0.462. The Morgan fingerprint density at radius 3 is 2.55 bits per heavy atom. The molecular weight excluding hydrogens is 362 g/mol. The third-order valence-corrected chi connectivity index (χ3v) is 6.63. The van der Waals surface area contributed by atoms with Crippen LogP contribution in [0.3, 0.4) is 0 Å². The van der Waals surface area contributed by atoms with Gasteiger partial charge in [0.15, 0.2) is 0 Å². The van der Waals surface area contributed by atoms with Gasteiger partial charge in [-0.15, -0.1) is 0 Å². The number of unbranched alkanes of at least 4 members (excludes halogenated alkanes) is 2. The van der Waals surface area contributed by atoms with E-state index in [2.05, 4.69) is 48.6 Å². The second-order valence-corrected chi connectivity index (χ2v) is 9.01. The molecule has 2 aromatic rings. The van der Waals surface area contributed by atoms with Crippen LogP contribution in [0, 0.1) is 5.92 Å². The number of hydrogen-bond acceptors (Lipinski definition) is 3. The summed E-state index contributed by atoms with van der Waals surface area (Å²) in [6.07, 6.45) is 10.4. The summed E-state index contributed by atoms with van der Waals surface area (Å²) < 4.78 is 11.4. The lowest BCUT2D eigenvalue weighted by Crippen LogP contribution is -2.37. The van der Waals surface area contributed by atoms with E-state index in [4.69, 9.17) is 9.47 Å². The Hall–Kier alpha value is -2.23. The standard InChI is InChI=1S/C25H33NO3/c1-3-4-5-6-18-7-12-22(13-8-18)29-23-14-10-19-15-21(11-9-20(19)16-23)25(2)17-28-24(27)26-25/h9-11,14-16,18,22H,3-8,12-13,17H2,1-2H3,(H,26,27)/t18?,22?,25-/m0/s1. The van der Waals surface area contributed by atoms with Crippen molar-refractivity contribution in [2.24, 2.45) is 5.92 Å². The van der Waals surface area contributed by atoms with Crippen LogP contribution in [-0.2, 0) is 10.3 Å². The van der Waals surface area contributed by atoms with Crippen LogP contribution in [0.2, 0.25) is 0 Å². The average Bonchev–Trinajstić information content (AvgIpc) is 3.09. The molecule has 4 heteroatoms. The van der Waals surface area contributed by atoms with Crippen LogP contribution in [0.15, 0.2) is 36.4 Å². The van der Waals surface area contributed by atoms with Crippen molar-refractivity contribution in [1.29, 1.82) is 0 Å². The van der Waals surface area contributed by atoms with Crippen LogP contribution in [0.1, 0.15) is 70.8 Å². The van der Waals surface area contributed by atoms with E-state index in [0.717, 1.165) is 28.0 Å². The fourth-order valence-corrected chi connectivity index (χ4v) is 4.72. The van der Waals surface area contributed by atoms with E-state index < -0.39 is 5.54 Å². The number of nitrogens with one attached hydrogen (secondary N) is 1. The molecule has 0 spiro atoms.